The molecule has 0 aliphatic carbocycles. The number of halogens is 2. The van der Waals surface area contributed by atoms with Crippen LogP contribution in [-0.4, -0.2) is 25.8 Å². The van der Waals surface area contributed by atoms with Crippen molar-refractivity contribution in [3.63, 3.8) is 0 Å². The van der Waals surface area contributed by atoms with E-state index in [0.717, 1.165) is 14.5 Å². The van der Waals surface area contributed by atoms with Gasteiger partial charge in [-0.25, -0.2) is 5.43 Å². The highest BCUT2D eigenvalue weighted by molar-refractivity contribution is 9.11. The summed E-state index contributed by atoms with van der Waals surface area (Å²) in [4.78, 5) is 12.0. The molecule has 1 amide bonds. The van der Waals surface area contributed by atoms with Crippen molar-refractivity contribution < 1.29 is 14.3 Å². The van der Waals surface area contributed by atoms with Gasteiger partial charge in [0.15, 0.2) is 0 Å². The average Bonchev–Trinajstić information content (AvgIpc) is 2.61. The predicted molar refractivity (Wildman–Crippen MR) is 106 cm³/mol. The van der Waals surface area contributed by atoms with Crippen LogP contribution in [0, 0.1) is 0 Å². The average molecular weight is 468 g/mol. The number of amides is 1. The van der Waals surface area contributed by atoms with Crippen molar-refractivity contribution in [2.24, 2.45) is 5.10 Å². The summed E-state index contributed by atoms with van der Waals surface area (Å²) in [5, 5.41) is 3.98. The van der Waals surface area contributed by atoms with Crippen molar-refractivity contribution >= 4 is 44.0 Å². The van der Waals surface area contributed by atoms with Gasteiger partial charge in [0.25, 0.3) is 5.91 Å². The summed E-state index contributed by atoms with van der Waals surface area (Å²) in [7, 11) is 1.57. The van der Waals surface area contributed by atoms with E-state index in [9.17, 15) is 4.79 Å². The maximum Gasteiger partial charge on any atom is 0.271 e. The van der Waals surface area contributed by atoms with Crippen molar-refractivity contribution in [2.45, 2.75) is 0 Å². The molecular weight excluding hydrogens is 452 g/mol. The molecule has 0 aromatic heterocycles. The van der Waals surface area contributed by atoms with Crippen LogP contribution in [0.15, 0.2) is 63.1 Å². The van der Waals surface area contributed by atoms with Crippen LogP contribution in [0.2, 0.25) is 0 Å². The Balaban J connectivity index is 2.03. The van der Waals surface area contributed by atoms with Crippen molar-refractivity contribution in [3.05, 3.63) is 69.1 Å². The topological polar surface area (TPSA) is 59.9 Å². The molecule has 0 atom stereocenters. The van der Waals surface area contributed by atoms with E-state index in [1.165, 1.54) is 0 Å². The second-order valence-corrected chi connectivity index (χ2v) is 6.55. The lowest BCUT2D eigenvalue weighted by atomic mass is 10.2. The minimum absolute atomic E-state index is 0.303. The molecule has 0 saturated carbocycles. The molecule has 7 heteroatoms. The Bertz CT molecular complexity index is 766. The molecule has 0 radical (unpaired) electrons. The molecular formula is C18H16Br2N2O3. The molecule has 25 heavy (non-hydrogen) atoms. The summed E-state index contributed by atoms with van der Waals surface area (Å²) in [6.07, 6.45) is 3.22. The molecule has 2 aromatic carbocycles. The second-order valence-electron chi connectivity index (χ2n) is 4.84. The molecule has 0 heterocycles. The Kier molecular flexibility index (Phi) is 7.21. The molecule has 0 aliphatic rings. The summed E-state index contributed by atoms with van der Waals surface area (Å²) < 4.78 is 12.2. The summed E-state index contributed by atoms with van der Waals surface area (Å²) >= 11 is 6.90. The number of nitrogens with one attached hydrogen (secondary N) is 1. The Hall–Kier alpha value is -2.12. The first-order valence-corrected chi connectivity index (χ1v) is 8.84. The van der Waals surface area contributed by atoms with E-state index in [1.54, 1.807) is 43.7 Å². The van der Waals surface area contributed by atoms with Gasteiger partial charge in [-0.1, -0.05) is 12.7 Å². The number of hydrogen-bond donors (Lipinski definition) is 1. The van der Waals surface area contributed by atoms with Gasteiger partial charge in [0, 0.05) is 5.56 Å². The molecule has 0 aliphatic heterocycles. The van der Waals surface area contributed by atoms with Gasteiger partial charge in [-0.15, -0.1) is 0 Å². The van der Waals surface area contributed by atoms with Crippen molar-refractivity contribution in [1.29, 1.82) is 0 Å². The van der Waals surface area contributed by atoms with Crippen LogP contribution in [0.25, 0.3) is 0 Å². The lowest BCUT2D eigenvalue weighted by Crippen LogP contribution is -2.17. The largest absolute Gasteiger partial charge is 0.497 e. The lowest BCUT2D eigenvalue weighted by Gasteiger charge is -2.09. The highest BCUT2D eigenvalue weighted by Gasteiger charge is 2.08. The van der Waals surface area contributed by atoms with Gasteiger partial charge in [0.1, 0.15) is 18.1 Å². The third-order valence-electron chi connectivity index (χ3n) is 3.10. The van der Waals surface area contributed by atoms with Crippen LogP contribution in [-0.2, 0) is 0 Å². The van der Waals surface area contributed by atoms with Gasteiger partial charge in [-0.05, 0) is 73.8 Å². The summed E-state index contributed by atoms with van der Waals surface area (Å²) in [5.41, 5.74) is 3.77. The molecule has 1 N–H and O–H groups in total. The van der Waals surface area contributed by atoms with Crippen LogP contribution >= 0.6 is 31.9 Å². The standard InChI is InChI=1S/C18H16Br2N2O3/c1-3-8-25-17-15(19)9-12(10-16(17)20)11-21-22-18(23)13-4-6-14(24-2)7-5-13/h3-7,9-11H,1,8H2,2H3,(H,22,23)/b21-11-. The van der Waals surface area contributed by atoms with Gasteiger partial charge < -0.3 is 9.47 Å². The molecule has 2 rings (SSSR count). The van der Waals surface area contributed by atoms with Crippen LogP contribution in [0.5, 0.6) is 11.5 Å². The SMILES string of the molecule is C=CCOc1c(Br)cc(/C=N\NC(=O)c2ccc(OC)cc2)cc1Br. The first kappa shape index (κ1) is 19.2. The maximum atomic E-state index is 12.0. The number of rotatable bonds is 7. The number of methoxy groups -OCH3 is 1. The van der Waals surface area contributed by atoms with Crippen molar-refractivity contribution in [2.75, 3.05) is 13.7 Å². The highest BCUT2D eigenvalue weighted by Crippen LogP contribution is 2.34. The molecule has 5 nitrogen and oxygen atoms in total. The zero-order chi connectivity index (χ0) is 18.2. The quantitative estimate of drug-likeness (QED) is 0.369. The van der Waals surface area contributed by atoms with E-state index in [-0.39, 0.29) is 5.91 Å². The number of hydrogen-bond acceptors (Lipinski definition) is 4. The molecule has 0 unspecified atom stereocenters. The van der Waals surface area contributed by atoms with E-state index in [4.69, 9.17) is 9.47 Å². The molecule has 0 fully saturated rings. The van der Waals surface area contributed by atoms with E-state index < -0.39 is 0 Å². The van der Waals surface area contributed by atoms with E-state index in [1.807, 2.05) is 12.1 Å². The fraction of sp³-hybridized carbons (Fsp3) is 0.111. The van der Waals surface area contributed by atoms with E-state index in [2.05, 4.69) is 49.0 Å². The fourth-order valence-electron chi connectivity index (χ4n) is 1.91. The van der Waals surface area contributed by atoms with Crippen LogP contribution < -0.4 is 14.9 Å². The van der Waals surface area contributed by atoms with Crippen LogP contribution in [0.3, 0.4) is 0 Å². The number of carbonyl (C=O) groups is 1. The van der Waals surface area contributed by atoms with Gasteiger partial charge >= 0.3 is 0 Å². The number of carbonyl (C=O) groups excluding carboxylic acids is 1. The van der Waals surface area contributed by atoms with Gasteiger partial charge in [0.05, 0.1) is 22.3 Å². The number of ether oxygens (including phenoxy) is 2. The Morgan fingerprint density at radius 2 is 1.88 bits per heavy atom. The van der Waals surface area contributed by atoms with E-state index in [0.29, 0.717) is 23.7 Å². The number of benzene rings is 2. The summed E-state index contributed by atoms with van der Waals surface area (Å²) in [5.74, 6) is 1.07. The van der Waals surface area contributed by atoms with Gasteiger partial charge in [-0.2, -0.15) is 5.10 Å². The first-order chi connectivity index (χ1) is 12.0. The third kappa shape index (κ3) is 5.44. The Morgan fingerprint density at radius 3 is 2.44 bits per heavy atom. The monoisotopic (exact) mass is 466 g/mol. The molecule has 0 saturated heterocycles. The first-order valence-electron chi connectivity index (χ1n) is 7.25. The zero-order valence-corrected chi connectivity index (χ0v) is 16.6. The lowest BCUT2D eigenvalue weighted by molar-refractivity contribution is 0.0955. The number of nitrogens with zero attached hydrogens (tertiary/aromatic N) is 1. The van der Waals surface area contributed by atoms with Crippen molar-refractivity contribution in [1.82, 2.24) is 5.43 Å². The normalized spacial score (nSPS) is 10.5. The zero-order valence-electron chi connectivity index (χ0n) is 13.5. The van der Waals surface area contributed by atoms with Crippen molar-refractivity contribution in [3.8, 4) is 11.5 Å². The van der Waals surface area contributed by atoms with E-state index >= 15 is 0 Å². The Labute approximate surface area is 163 Å². The fourth-order valence-corrected chi connectivity index (χ4v) is 3.36. The predicted octanol–water partition coefficient (Wildman–Crippen LogP) is 4.55. The smallest absolute Gasteiger partial charge is 0.271 e. The molecule has 0 spiro atoms. The minimum atomic E-state index is -0.303. The van der Waals surface area contributed by atoms with Crippen LogP contribution in [0.4, 0.5) is 0 Å². The minimum Gasteiger partial charge on any atom is -0.497 e. The van der Waals surface area contributed by atoms with Gasteiger partial charge in [0.2, 0.25) is 0 Å². The highest BCUT2D eigenvalue weighted by atomic mass is 79.9. The summed E-state index contributed by atoms with van der Waals surface area (Å²) in [6, 6.07) is 10.5. The molecule has 0 bridgehead atoms. The number of hydrazone groups is 1. The van der Waals surface area contributed by atoms with Gasteiger partial charge in [-0.3, -0.25) is 4.79 Å². The molecule has 130 valence electrons. The third-order valence-corrected chi connectivity index (χ3v) is 4.28. The maximum absolute atomic E-state index is 12.0. The van der Waals surface area contributed by atoms with Crippen LogP contribution in [0.1, 0.15) is 15.9 Å². The second kappa shape index (κ2) is 9.39. The summed E-state index contributed by atoms with van der Waals surface area (Å²) in [6.45, 7) is 4.03. The Morgan fingerprint density at radius 1 is 1.24 bits per heavy atom. The molecule has 2 aromatic rings.